The van der Waals surface area contributed by atoms with Crippen LogP contribution in [0, 0.1) is 12.3 Å². The minimum absolute atomic E-state index is 0.191. The average Bonchev–Trinajstić information content (AvgIpc) is 2.44. The Morgan fingerprint density at radius 1 is 1.62 bits per heavy atom. The molecule has 16 heavy (non-hydrogen) atoms. The zero-order valence-electron chi connectivity index (χ0n) is 10.5. The van der Waals surface area contributed by atoms with Crippen LogP contribution in [-0.4, -0.2) is 9.67 Å². The molecule has 0 amide bonds. The van der Waals surface area contributed by atoms with Gasteiger partial charge in [0.15, 0.2) is 0 Å². The van der Waals surface area contributed by atoms with E-state index in [0.29, 0.717) is 0 Å². The lowest BCUT2D eigenvalue weighted by atomic mass is 9.75. The Morgan fingerprint density at radius 3 is 2.94 bits per heavy atom. The van der Waals surface area contributed by atoms with Crippen molar-refractivity contribution < 1.29 is 5.11 Å². The molecule has 0 fully saturated rings. The van der Waals surface area contributed by atoms with Gasteiger partial charge in [0.05, 0.1) is 6.10 Å². The minimum Gasteiger partial charge on any atom is -0.388 e. The highest BCUT2D eigenvalue weighted by atomic mass is 16.3. The van der Waals surface area contributed by atoms with E-state index in [0.717, 1.165) is 24.9 Å². The SMILES string of the molecule is C=CCn1c(C)cc2c1CC(C)(C)CC2O. The van der Waals surface area contributed by atoms with Gasteiger partial charge >= 0.3 is 0 Å². The molecule has 0 saturated carbocycles. The molecular formula is C14H21NO. The Balaban J connectivity index is 2.49. The van der Waals surface area contributed by atoms with Crippen molar-refractivity contribution in [1.82, 2.24) is 4.57 Å². The summed E-state index contributed by atoms with van der Waals surface area (Å²) in [6, 6.07) is 2.12. The summed E-state index contributed by atoms with van der Waals surface area (Å²) in [6.07, 6.45) is 3.52. The fourth-order valence-electron chi connectivity index (χ4n) is 2.78. The van der Waals surface area contributed by atoms with Gasteiger partial charge in [-0.3, -0.25) is 0 Å². The Hall–Kier alpha value is -1.02. The van der Waals surface area contributed by atoms with Gasteiger partial charge in [0, 0.05) is 23.5 Å². The highest BCUT2D eigenvalue weighted by Gasteiger charge is 2.33. The molecule has 2 nitrogen and oxygen atoms in total. The number of aliphatic hydroxyl groups is 1. The van der Waals surface area contributed by atoms with Crippen LogP contribution in [0.1, 0.15) is 43.3 Å². The Labute approximate surface area is 97.6 Å². The number of nitrogens with zero attached hydrogens (tertiary/aromatic N) is 1. The lowest BCUT2D eigenvalue weighted by molar-refractivity contribution is 0.0981. The summed E-state index contributed by atoms with van der Waals surface area (Å²) in [5.74, 6) is 0. The molecule has 0 radical (unpaired) electrons. The molecule has 88 valence electrons. The fraction of sp³-hybridized carbons (Fsp3) is 0.571. The van der Waals surface area contributed by atoms with Crippen molar-refractivity contribution >= 4 is 0 Å². The number of aryl methyl sites for hydroxylation is 1. The van der Waals surface area contributed by atoms with Crippen molar-refractivity contribution in [2.45, 2.75) is 46.3 Å². The number of hydrogen-bond donors (Lipinski definition) is 1. The number of fused-ring (bicyclic) bond motifs is 1. The van der Waals surface area contributed by atoms with E-state index in [2.05, 4.69) is 38.0 Å². The molecule has 1 aliphatic rings. The third-order valence-corrected chi connectivity index (χ3v) is 3.51. The van der Waals surface area contributed by atoms with Gasteiger partial charge in [-0.2, -0.15) is 0 Å². The Morgan fingerprint density at radius 2 is 2.31 bits per heavy atom. The molecule has 0 saturated heterocycles. The molecule has 1 aromatic heterocycles. The zero-order valence-corrected chi connectivity index (χ0v) is 10.5. The van der Waals surface area contributed by atoms with Crippen molar-refractivity contribution in [3.05, 3.63) is 35.7 Å². The van der Waals surface area contributed by atoms with E-state index in [1.807, 2.05) is 6.08 Å². The van der Waals surface area contributed by atoms with Crippen LogP contribution in [0.25, 0.3) is 0 Å². The van der Waals surface area contributed by atoms with Crippen molar-refractivity contribution in [2.24, 2.45) is 5.41 Å². The third-order valence-electron chi connectivity index (χ3n) is 3.51. The van der Waals surface area contributed by atoms with Gasteiger partial charge in [0.1, 0.15) is 0 Å². The van der Waals surface area contributed by atoms with Crippen LogP contribution in [0.2, 0.25) is 0 Å². The van der Waals surface area contributed by atoms with Crippen molar-refractivity contribution in [3.63, 3.8) is 0 Å². The summed E-state index contributed by atoms with van der Waals surface area (Å²) in [5.41, 5.74) is 3.83. The van der Waals surface area contributed by atoms with E-state index >= 15 is 0 Å². The monoisotopic (exact) mass is 219 g/mol. The van der Waals surface area contributed by atoms with E-state index < -0.39 is 0 Å². The van der Waals surface area contributed by atoms with Gasteiger partial charge in [-0.05, 0) is 31.2 Å². The van der Waals surface area contributed by atoms with E-state index in [-0.39, 0.29) is 11.5 Å². The number of aromatic nitrogens is 1. The first-order valence-corrected chi connectivity index (χ1v) is 5.92. The summed E-state index contributed by atoms with van der Waals surface area (Å²) < 4.78 is 2.27. The van der Waals surface area contributed by atoms with Gasteiger partial charge in [-0.25, -0.2) is 0 Å². The molecular weight excluding hydrogens is 198 g/mol. The molecule has 1 aromatic rings. The third kappa shape index (κ3) is 1.82. The average molecular weight is 219 g/mol. The lowest BCUT2D eigenvalue weighted by Crippen LogP contribution is -2.26. The first kappa shape index (κ1) is 11.5. The molecule has 2 heteroatoms. The standard InChI is InChI=1S/C14H21NO/c1-5-6-15-10(2)7-11-12(15)8-14(3,4)9-13(11)16/h5,7,13,16H,1,6,8-9H2,2-4H3. The van der Waals surface area contributed by atoms with Gasteiger partial charge in [0.25, 0.3) is 0 Å². The summed E-state index contributed by atoms with van der Waals surface area (Å²) in [5, 5.41) is 10.2. The second-order valence-corrected chi connectivity index (χ2v) is 5.65. The van der Waals surface area contributed by atoms with Crippen molar-refractivity contribution in [3.8, 4) is 0 Å². The van der Waals surface area contributed by atoms with Crippen LogP contribution >= 0.6 is 0 Å². The highest BCUT2D eigenvalue weighted by Crippen LogP contribution is 2.41. The molecule has 1 heterocycles. The number of rotatable bonds is 2. The Bertz CT molecular complexity index is 415. The fourth-order valence-corrected chi connectivity index (χ4v) is 2.78. The van der Waals surface area contributed by atoms with E-state index in [1.54, 1.807) is 0 Å². The zero-order chi connectivity index (χ0) is 11.9. The maximum absolute atomic E-state index is 10.2. The largest absolute Gasteiger partial charge is 0.388 e. The summed E-state index contributed by atoms with van der Waals surface area (Å²) in [6.45, 7) is 11.2. The molecule has 2 rings (SSSR count). The Kier molecular flexibility index (Phi) is 2.70. The molecule has 0 spiro atoms. The van der Waals surface area contributed by atoms with E-state index in [1.165, 1.54) is 11.4 Å². The molecule has 0 aromatic carbocycles. The molecule has 0 bridgehead atoms. The minimum atomic E-state index is -0.302. The highest BCUT2D eigenvalue weighted by molar-refractivity contribution is 5.33. The number of hydrogen-bond acceptors (Lipinski definition) is 1. The van der Waals surface area contributed by atoms with Gasteiger partial charge < -0.3 is 9.67 Å². The topological polar surface area (TPSA) is 25.2 Å². The molecule has 0 aliphatic heterocycles. The molecule has 1 atom stereocenters. The first-order chi connectivity index (χ1) is 7.44. The quantitative estimate of drug-likeness (QED) is 0.760. The first-order valence-electron chi connectivity index (χ1n) is 5.92. The summed E-state index contributed by atoms with van der Waals surface area (Å²) >= 11 is 0. The maximum atomic E-state index is 10.2. The number of allylic oxidation sites excluding steroid dienone is 1. The summed E-state index contributed by atoms with van der Waals surface area (Å²) in [7, 11) is 0. The van der Waals surface area contributed by atoms with E-state index in [4.69, 9.17) is 0 Å². The number of aliphatic hydroxyl groups excluding tert-OH is 1. The van der Waals surface area contributed by atoms with Crippen LogP contribution in [0.4, 0.5) is 0 Å². The second kappa shape index (κ2) is 3.77. The van der Waals surface area contributed by atoms with E-state index in [9.17, 15) is 5.11 Å². The smallest absolute Gasteiger partial charge is 0.0812 e. The van der Waals surface area contributed by atoms with Crippen molar-refractivity contribution in [2.75, 3.05) is 0 Å². The lowest BCUT2D eigenvalue weighted by Gasteiger charge is -2.33. The van der Waals surface area contributed by atoms with Crippen LogP contribution < -0.4 is 0 Å². The predicted octanol–water partition coefficient (Wildman–Crippen LogP) is 2.99. The second-order valence-electron chi connectivity index (χ2n) is 5.65. The maximum Gasteiger partial charge on any atom is 0.0812 e. The normalized spacial score (nSPS) is 22.9. The predicted molar refractivity (Wildman–Crippen MR) is 66.4 cm³/mol. The molecule has 1 unspecified atom stereocenters. The molecule has 1 aliphatic carbocycles. The van der Waals surface area contributed by atoms with Crippen LogP contribution in [0.5, 0.6) is 0 Å². The molecule has 1 N–H and O–H groups in total. The summed E-state index contributed by atoms with van der Waals surface area (Å²) in [4.78, 5) is 0. The van der Waals surface area contributed by atoms with Crippen LogP contribution in [0.15, 0.2) is 18.7 Å². The van der Waals surface area contributed by atoms with Crippen LogP contribution in [-0.2, 0) is 13.0 Å². The van der Waals surface area contributed by atoms with Crippen molar-refractivity contribution in [1.29, 1.82) is 0 Å². The van der Waals surface area contributed by atoms with Gasteiger partial charge in [-0.1, -0.05) is 19.9 Å². The van der Waals surface area contributed by atoms with Crippen LogP contribution in [0.3, 0.4) is 0 Å². The van der Waals surface area contributed by atoms with Gasteiger partial charge in [-0.15, -0.1) is 6.58 Å². The van der Waals surface area contributed by atoms with Gasteiger partial charge in [0.2, 0.25) is 0 Å².